The summed E-state index contributed by atoms with van der Waals surface area (Å²) in [5.74, 6) is 0.582. The van der Waals surface area contributed by atoms with Crippen molar-refractivity contribution in [2.24, 2.45) is 11.7 Å². The summed E-state index contributed by atoms with van der Waals surface area (Å²) < 4.78 is 0.993. The number of carbonyl (C=O) groups is 1. The van der Waals surface area contributed by atoms with Crippen molar-refractivity contribution in [3.8, 4) is 0 Å². The number of nitrogens with two attached hydrogens (primary N) is 1. The van der Waals surface area contributed by atoms with Crippen LogP contribution < -0.4 is 5.73 Å². The zero-order chi connectivity index (χ0) is 12.3. The Labute approximate surface area is 110 Å². The minimum atomic E-state index is 0.121. The van der Waals surface area contributed by atoms with E-state index in [2.05, 4.69) is 15.9 Å². The highest BCUT2D eigenvalue weighted by atomic mass is 79.9. The fourth-order valence-electron chi connectivity index (χ4n) is 2.22. The van der Waals surface area contributed by atoms with Gasteiger partial charge in [-0.25, -0.2) is 0 Å². The Morgan fingerprint density at radius 1 is 1.41 bits per heavy atom. The second-order valence-corrected chi connectivity index (χ2v) is 5.42. The lowest BCUT2D eigenvalue weighted by molar-refractivity contribution is 0.0678. The Bertz CT molecular complexity index is 391. The van der Waals surface area contributed by atoms with Crippen LogP contribution in [0.25, 0.3) is 0 Å². The minimum Gasteiger partial charge on any atom is -0.338 e. The molecule has 0 bridgehead atoms. The van der Waals surface area contributed by atoms with E-state index in [0.29, 0.717) is 12.5 Å². The van der Waals surface area contributed by atoms with Crippen molar-refractivity contribution in [2.75, 3.05) is 19.6 Å². The van der Waals surface area contributed by atoms with E-state index in [-0.39, 0.29) is 5.91 Å². The molecule has 1 aliphatic rings. The normalized spacial score (nSPS) is 20.4. The lowest BCUT2D eigenvalue weighted by Crippen LogP contribution is -2.42. The molecule has 0 spiro atoms. The van der Waals surface area contributed by atoms with E-state index in [1.54, 1.807) is 0 Å². The molecular weight excluding hydrogens is 280 g/mol. The van der Waals surface area contributed by atoms with Gasteiger partial charge in [-0.15, -0.1) is 0 Å². The first-order valence-electron chi connectivity index (χ1n) is 5.95. The van der Waals surface area contributed by atoms with Crippen molar-refractivity contribution >= 4 is 21.8 Å². The van der Waals surface area contributed by atoms with Gasteiger partial charge in [-0.1, -0.05) is 15.9 Å². The maximum Gasteiger partial charge on any atom is 0.253 e. The molecule has 0 saturated carbocycles. The molecule has 2 N–H and O–H groups in total. The number of amides is 1. The second-order valence-electron chi connectivity index (χ2n) is 4.50. The molecule has 0 aromatic heterocycles. The number of hydrogen-bond donors (Lipinski definition) is 1. The van der Waals surface area contributed by atoms with E-state index in [0.717, 1.165) is 36.0 Å². The van der Waals surface area contributed by atoms with Crippen molar-refractivity contribution in [2.45, 2.75) is 12.8 Å². The molecule has 1 atom stereocenters. The average molecular weight is 297 g/mol. The van der Waals surface area contributed by atoms with Gasteiger partial charge in [0.2, 0.25) is 0 Å². The summed E-state index contributed by atoms with van der Waals surface area (Å²) in [5, 5.41) is 0. The van der Waals surface area contributed by atoms with E-state index >= 15 is 0 Å². The van der Waals surface area contributed by atoms with Crippen molar-refractivity contribution in [1.29, 1.82) is 0 Å². The Morgan fingerprint density at radius 2 is 2.12 bits per heavy atom. The van der Waals surface area contributed by atoms with Crippen molar-refractivity contribution in [3.05, 3.63) is 34.3 Å². The van der Waals surface area contributed by atoms with Crippen LogP contribution in [-0.2, 0) is 0 Å². The molecule has 1 unspecified atom stereocenters. The molecular formula is C13H17BrN2O. The summed E-state index contributed by atoms with van der Waals surface area (Å²) in [6, 6.07) is 7.52. The average Bonchev–Trinajstić information content (AvgIpc) is 2.39. The molecule has 2 rings (SSSR count). The van der Waals surface area contributed by atoms with Gasteiger partial charge in [-0.3, -0.25) is 4.79 Å². The predicted molar refractivity (Wildman–Crippen MR) is 71.8 cm³/mol. The van der Waals surface area contributed by atoms with Gasteiger partial charge in [0.05, 0.1) is 0 Å². The smallest absolute Gasteiger partial charge is 0.253 e. The number of benzene rings is 1. The molecule has 4 heteroatoms. The van der Waals surface area contributed by atoms with Gasteiger partial charge in [0, 0.05) is 23.1 Å². The van der Waals surface area contributed by atoms with Crippen LogP contribution in [0.2, 0.25) is 0 Å². The van der Waals surface area contributed by atoms with Crippen molar-refractivity contribution < 1.29 is 4.79 Å². The molecule has 1 aliphatic heterocycles. The fraction of sp³-hybridized carbons (Fsp3) is 0.462. The van der Waals surface area contributed by atoms with Gasteiger partial charge < -0.3 is 10.6 Å². The maximum absolute atomic E-state index is 12.2. The Kier molecular flexibility index (Phi) is 4.18. The highest BCUT2D eigenvalue weighted by molar-refractivity contribution is 9.10. The van der Waals surface area contributed by atoms with Gasteiger partial charge in [0.25, 0.3) is 5.91 Å². The zero-order valence-corrected chi connectivity index (χ0v) is 11.3. The Morgan fingerprint density at radius 3 is 2.76 bits per heavy atom. The van der Waals surface area contributed by atoms with Crippen LogP contribution >= 0.6 is 15.9 Å². The first-order chi connectivity index (χ1) is 8.20. The summed E-state index contributed by atoms with van der Waals surface area (Å²) in [6.45, 7) is 2.32. The number of halogens is 1. The quantitative estimate of drug-likeness (QED) is 0.910. The molecule has 1 fully saturated rings. The van der Waals surface area contributed by atoms with E-state index < -0.39 is 0 Å². The molecule has 1 aromatic rings. The number of likely N-dealkylation sites (tertiary alicyclic amines) is 1. The lowest BCUT2D eigenvalue weighted by atomic mass is 9.97. The minimum absolute atomic E-state index is 0.121. The van der Waals surface area contributed by atoms with E-state index in [9.17, 15) is 4.79 Å². The molecule has 92 valence electrons. The van der Waals surface area contributed by atoms with Gasteiger partial charge in [-0.2, -0.15) is 0 Å². The Hall–Kier alpha value is -0.870. The van der Waals surface area contributed by atoms with Crippen LogP contribution in [0, 0.1) is 5.92 Å². The van der Waals surface area contributed by atoms with Gasteiger partial charge in [-0.05, 0) is 49.6 Å². The summed E-state index contributed by atoms with van der Waals surface area (Å²) in [7, 11) is 0. The molecule has 0 aliphatic carbocycles. The molecule has 0 radical (unpaired) electrons. The van der Waals surface area contributed by atoms with Gasteiger partial charge in [0.1, 0.15) is 0 Å². The van der Waals surface area contributed by atoms with Crippen LogP contribution in [0.3, 0.4) is 0 Å². The first-order valence-corrected chi connectivity index (χ1v) is 6.75. The zero-order valence-electron chi connectivity index (χ0n) is 9.73. The summed E-state index contributed by atoms with van der Waals surface area (Å²) in [4.78, 5) is 14.2. The monoisotopic (exact) mass is 296 g/mol. The highest BCUT2D eigenvalue weighted by Gasteiger charge is 2.23. The number of hydrogen-bond acceptors (Lipinski definition) is 2. The standard InChI is InChI=1S/C13H17BrN2O/c14-12-5-3-11(4-6-12)13(17)16-7-1-2-10(8-15)9-16/h3-6,10H,1-2,7-9,15H2. The summed E-state index contributed by atoms with van der Waals surface area (Å²) >= 11 is 3.37. The molecule has 1 amide bonds. The molecule has 1 aromatic carbocycles. The van der Waals surface area contributed by atoms with Crippen LogP contribution in [0.15, 0.2) is 28.7 Å². The van der Waals surface area contributed by atoms with Crippen molar-refractivity contribution in [1.82, 2.24) is 4.90 Å². The van der Waals surface area contributed by atoms with Crippen LogP contribution in [0.5, 0.6) is 0 Å². The molecule has 1 saturated heterocycles. The topological polar surface area (TPSA) is 46.3 Å². The Balaban J connectivity index is 2.06. The third-order valence-electron chi connectivity index (χ3n) is 3.23. The third-order valence-corrected chi connectivity index (χ3v) is 3.76. The molecule has 3 nitrogen and oxygen atoms in total. The van der Waals surface area contributed by atoms with Crippen LogP contribution in [-0.4, -0.2) is 30.4 Å². The van der Waals surface area contributed by atoms with E-state index in [1.807, 2.05) is 29.2 Å². The third kappa shape index (κ3) is 3.07. The van der Waals surface area contributed by atoms with E-state index in [1.165, 1.54) is 0 Å². The van der Waals surface area contributed by atoms with E-state index in [4.69, 9.17) is 5.73 Å². The maximum atomic E-state index is 12.2. The predicted octanol–water partition coefficient (Wildman–Crippen LogP) is 2.26. The first kappa shape index (κ1) is 12.6. The lowest BCUT2D eigenvalue weighted by Gasteiger charge is -2.32. The second kappa shape index (κ2) is 5.65. The summed E-state index contributed by atoms with van der Waals surface area (Å²) in [6.07, 6.45) is 2.20. The fourth-order valence-corrected chi connectivity index (χ4v) is 2.48. The van der Waals surface area contributed by atoms with Crippen molar-refractivity contribution in [3.63, 3.8) is 0 Å². The SMILES string of the molecule is NCC1CCCN(C(=O)c2ccc(Br)cc2)C1. The highest BCUT2D eigenvalue weighted by Crippen LogP contribution is 2.18. The van der Waals surface area contributed by atoms with Gasteiger partial charge >= 0.3 is 0 Å². The van der Waals surface area contributed by atoms with Gasteiger partial charge in [0.15, 0.2) is 0 Å². The van der Waals surface area contributed by atoms with Crippen LogP contribution in [0.1, 0.15) is 23.2 Å². The number of piperidine rings is 1. The number of rotatable bonds is 2. The molecule has 1 heterocycles. The van der Waals surface area contributed by atoms with Crippen LogP contribution in [0.4, 0.5) is 0 Å². The summed E-state index contributed by atoms with van der Waals surface area (Å²) in [5.41, 5.74) is 6.44. The number of nitrogens with zero attached hydrogens (tertiary/aromatic N) is 1. The number of carbonyl (C=O) groups excluding carboxylic acids is 1. The largest absolute Gasteiger partial charge is 0.338 e. The molecule has 17 heavy (non-hydrogen) atoms.